The zero-order valence-corrected chi connectivity index (χ0v) is 14.9. The van der Waals surface area contributed by atoms with Crippen molar-refractivity contribution in [2.75, 3.05) is 19.5 Å². The van der Waals surface area contributed by atoms with Crippen LogP contribution in [-0.2, 0) is 6.54 Å². The van der Waals surface area contributed by atoms with Crippen LogP contribution in [0.15, 0.2) is 48.7 Å². The Kier molecular flexibility index (Phi) is 5.02. The number of urea groups is 1. The average molecular weight is 353 g/mol. The highest BCUT2D eigenvalue weighted by Crippen LogP contribution is 2.26. The summed E-state index contributed by atoms with van der Waals surface area (Å²) >= 11 is 0. The number of anilines is 1. The fraction of sp³-hybridized carbons (Fsp3) is 0.200. The predicted octanol–water partition coefficient (Wildman–Crippen LogP) is 4.35. The first-order valence-electron chi connectivity index (χ1n) is 8.18. The van der Waals surface area contributed by atoms with Crippen molar-refractivity contribution in [3.05, 3.63) is 65.6 Å². The Bertz CT molecular complexity index is 959. The van der Waals surface area contributed by atoms with Crippen LogP contribution in [0, 0.1) is 12.7 Å². The van der Waals surface area contributed by atoms with E-state index in [0.717, 1.165) is 16.3 Å². The summed E-state index contributed by atoms with van der Waals surface area (Å²) in [6.07, 6.45) is 1.72. The zero-order valence-electron chi connectivity index (χ0n) is 14.9. The van der Waals surface area contributed by atoms with Gasteiger partial charge in [0.05, 0.1) is 7.11 Å². The molecule has 1 heterocycles. The highest BCUT2D eigenvalue weighted by molar-refractivity contribution is 5.91. The van der Waals surface area contributed by atoms with Gasteiger partial charge in [-0.05, 0) is 47.7 Å². The number of benzene rings is 2. The Morgan fingerprint density at radius 1 is 1.23 bits per heavy atom. The lowest BCUT2D eigenvalue weighted by Gasteiger charge is -2.19. The molecule has 3 rings (SSSR count). The van der Waals surface area contributed by atoms with Crippen LogP contribution in [0.4, 0.5) is 14.9 Å². The number of amides is 2. The van der Waals surface area contributed by atoms with E-state index < -0.39 is 0 Å². The van der Waals surface area contributed by atoms with Crippen molar-refractivity contribution in [1.29, 1.82) is 0 Å². The Hall–Kier alpha value is -3.15. The summed E-state index contributed by atoms with van der Waals surface area (Å²) in [6.45, 7) is 2.04. The quantitative estimate of drug-likeness (QED) is 0.758. The third-order valence-corrected chi connectivity index (χ3v) is 4.20. The van der Waals surface area contributed by atoms with Crippen LogP contribution in [-0.4, -0.2) is 30.1 Å². The molecule has 0 aliphatic rings. The number of ether oxygens (including phenoxy) is 1. The number of nitrogens with zero attached hydrogens (tertiary/aromatic N) is 2. The van der Waals surface area contributed by atoms with Crippen LogP contribution in [0.1, 0.15) is 11.1 Å². The summed E-state index contributed by atoms with van der Waals surface area (Å²) in [5, 5.41) is 4.66. The van der Waals surface area contributed by atoms with E-state index in [-0.39, 0.29) is 11.8 Å². The second-order valence-corrected chi connectivity index (χ2v) is 6.09. The smallest absolute Gasteiger partial charge is 0.321 e. The number of nitrogens with one attached hydrogen (secondary N) is 1. The topological polar surface area (TPSA) is 54.5 Å². The maximum atomic E-state index is 13.4. The van der Waals surface area contributed by atoms with Crippen LogP contribution in [0.5, 0.6) is 5.88 Å². The SMILES string of the molecule is COc1ncc(CN(C)C(=O)Nc2ccc(F)c(C)c2)c2ccccc12. The van der Waals surface area contributed by atoms with E-state index in [0.29, 0.717) is 23.7 Å². The third-order valence-electron chi connectivity index (χ3n) is 4.20. The third kappa shape index (κ3) is 3.59. The van der Waals surface area contributed by atoms with Gasteiger partial charge >= 0.3 is 6.03 Å². The summed E-state index contributed by atoms with van der Waals surface area (Å²) in [7, 11) is 3.28. The number of rotatable bonds is 4. The van der Waals surface area contributed by atoms with E-state index in [9.17, 15) is 9.18 Å². The molecule has 2 aromatic carbocycles. The molecule has 0 saturated heterocycles. The molecule has 0 unspecified atom stereocenters. The molecule has 5 nitrogen and oxygen atoms in total. The number of fused-ring (bicyclic) bond motifs is 1. The molecule has 0 fully saturated rings. The van der Waals surface area contributed by atoms with Gasteiger partial charge in [0, 0.05) is 30.9 Å². The molecule has 26 heavy (non-hydrogen) atoms. The first-order valence-corrected chi connectivity index (χ1v) is 8.18. The number of aromatic nitrogens is 1. The Morgan fingerprint density at radius 3 is 2.65 bits per heavy atom. The minimum atomic E-state index is -0.299. The number of hydrogen-bond donors (Lipinski definition) is 1. The molecule has 0 bridgehead atoms. The minimum absolute atomic E-state index is 0.282. The lowest BCUT2D eigenvalue weighted by atomic mass is 10.1. The van der Waals surface area contributed by atoms with Crippen molar-refractivity contribution >= 4 is 22.5 Å². The lowest BCUT2D eigenvalue weighted by molar-refractivity contribution is 0.221. The number of carbonyl (C=O) groups is 1. The molecule has 2 amide bonds. The van der Waals surface area contributed by atoms with E-state index in [1.807, 2.05) is 24.3 Å². The maximum Gasteiger partial charge on any atom is 0.321 e. The van der Waals surface area contributed by atoms with E-state index in [1.165, 1.54) is 6.07 Å². The number of carbonyl (C=O) groups excluding carboxylic acids is 1. The summed E-state index contributed by atoms with van der Waals surface area (Å²) in [5.41, 5.74) is 1.95. The van der Waals surface area contributed by atoms with Gasteiger partial charge < -0.3 is 15.0 Å². The highest BCUT2D eigenvalue weighted by Gasteiger charge is 2.14. The Morgan fingerprint density at radius 2 is 1.96 bits per heavy atom. The van der Waals surface area contributed by atoms with E-state index in [2.05, 4.69) is 10.3 Å². The second-order valence-electron chi connectivity index (χ2n) is 6.09. The van der Waals surface area contributed by atoms with Crippen LogP contribution < -0.4 is 10.1 Å². The molecule has 0 aliphatic carbocycles. The van der Waals surface area contributed by atoms with Crippen molar-refractivity contribution in [1.82, 2.24) is 9.88 Å². The predicted molar refractivity (Wildman–Crippen MR) is 99.9 cm³/mol. The highest BCUT2D eigenvalue weighted by atomic mass is 19.1. The summed E-state index contributed by atoms with van der Waals surface area (Å²) < 4.78 is 18.7. The van der Waals surface area contributed by atoms with Gasteiger partial charge in [-0.3, -0.25) is 0 Å². The van der Waals surface area contributed by atoms with Gasteiger partial charge in [0.2, 0.25) is 5.88 Å². The molecule has 0 atom stereocenters. The lowest BCUT2D eigenvalue weighted by Crippen LogP contribution is -2.31. The second kappa shape index (κ2) is 7.39. The van der Waals surface area contributed by atoms with Crippen molar-refractivity contribution in [2.24, 2.45) is 0 Å². The summed E-state index contributed by atoms with van der Waals surface area (Å²) in [5.74, 6) is 0.255. The van der Waals surface area contributed by atoms with Gasteiger partial charge in [0.25, 0.3) is 0 Å². The van der Waals surface area contributed by atoms with Gasteiger partial charge in [-0.2, -0.15) is 0 Å². The fourth-order valence-corrected chi connectivity index (χ4v) is 2.78. The molecule has 0 spiro atoms. The van der Waals surface area contributed by atoms with Crippen molar-refractivity contribution in [3.63, 3.8) is 0 Å². The van der Waals surface area contributed by atoms with Gasteiger partial charge in [0.15, 0.2) is 0 Å². The van der Waals surface area contributed by atoms with Crippen LogP contribution in [0.2, 0.25) is 0 Å². The summed E-state index contributed by atoms with van der Waals surface area (Å²) in [6, 6.07) is 12.0. The molecule has 3 aromatic rings. The molecule has 6 heteroatoms. The standard InChI is InChI=1S/C20H20FN3O2/c1-13-10-15(8-9-18(13)21)23-20(25)24(2)12-14-11-22-19(26-3)17-7-5-4-6-16(14)17/h4-11H,12H2,1-3H3,(H,23,25). The molecular formula is C20H20FN3O2. The largest absolute Gasteiger partial charge is 0.481 e. The monoisotopic (exact) mass is 353 g/mol. The van der Waals surface area contributed by atoms with Crippen LogP contribution >= 0.6 is 0 Å². The maximum absolute atomic E-state index is 13.4. The number of pyridine rings is 1. The molecule has 0 aliphatic heterocycles. The number of hydrogen-bond acceptors (Lipinski definition) is 3. The van der Waals surface area contributed by atoms with Gasteiger partial charge in [0.1, 0.15) is 5.82 Å². The van der Waals surface area contributed by atoms with Crippen LogP contribution in [0.25, 0.3) is 10.8 Å². The first kappa shape index (κ1) is 17.7. The summed E-state index contributed by atoms with van der Waals surface area (Å²) in [4.78, 5) is 18.3. The van der Waals surface area contributed by atoms with Crippen LogP contribution in [0.3, 0.4) is 0 Å². The van der Waals surface area contributed by atoms with Crippen molar-refractivity contribution < 1.29 is 13.9 Å². The van der Waals surface area contributed by atoms with E-state index >= 15 is 0 Å². The normalized spacial score (nSPS) is 10.6. The zero-order chi connectivity index (χ0) is 18.7. The molecule has 0 radical (unpaired) electrons. The minimum Gasteiger partial charge on any atom is -0.481 e. The van der Waals surface area contributed by atoms with E-state index in [4.69, 9.17) is 4.74 Å². The number of methoxy groups -OCH3 is 1. The molecule has 134 valence electrons. The number of halogens is 1. The molecule has 0 saturated carbocycles. The van der Waals surface area contributed by atoms with Gasteiger partial charge in [-0.25, -0.2) is 14.2 Å². The van der Waals surface area contributed by atoms with Crippen molar-refractivity contribution in [2.45, 2.75) is 13.5 Å². The van der Waals surface area contributed by atoms with Gasteiger partial charge in [-0.15, -0.1) is 0 Å². The van der Waals surface area contributed by atoms with Crippen molar-refractivity contribution in [3.8, 4) is 5.88 Å². The van der Waals surface area contributed by atoms with E-state index in [1.54, 1.807) is 44.3 Å². The molecular weight excluding hydrogens is 333 g/mol. The molecule has 1 N–H and O–H groups in total. The Balaban J connectivity index is 1.79. The fourth-order valence-electron chi connectivity index (χ4n) is 2.78. The molecule has 1 aromatic heterocycles. The first-order chi connectivity index (χ1) is 12.5. The average Bonchev–Trinajstić information content (AvgIpc) is 2.65. The van der Waals surface area contributed by atoms with Gasteiger partial charge in [-0.1, -0.05) is 18.2 Å². The number of aryl methyl sites for hydroxylation is 1. The Labute approximate surface area is 151 Å².